The number of hydrogen-bond acceptors (Lipinski definition) is 11. The highest BCUT2D eigenvalue weighted by molar-refractivity contribution is 7.99. The molecule has 0 spiro atoms. The van der Waals surface area contributed by atoms with Crippen LogP contribution in [0.25, 0.3) is 0 Å². The first-order valence-corrected chi connectivity index (χ1v) is 18.5. The molecule has 0 saturated carbocycles. The summed E-state index contributed by atoms with van der Waals surface area (Å²) < 4.78 is 58.7. The molecule has 3 N–H and O–H groups in total. The maximum atomic E-state index is 13.7. The van der Waals surface area contributed by atoms with Gasteiger partial charge in [-0.2, -0.15) is 8.78 Å². The molecule has 0 radical (unpaired) electrons. The van der Waals surface area contributed by atoms with E-state index in [0.29, 0.717) is 45.4 Å². The van der Waals surface area contributed by atoms with Gasteiger partial charge in [0.05, 0.1) is 26.2 Å². The van der Waals surface area contributed by atoms with Crippen LogP contribution in [0.3, 0.4) is 0 Å². The number of ether oxygens (including phenoxy) is 1. The zero-order chi connectivity index (χ0) is 39.6. The minimum Gasteiger partial charge on any atom is -0.480 e. The van der Waals surface area contributed by atoms with Crippen molar-refractivity contribution in [1.29, 1.82) is 0 Å². The van der Waals surface area contributed by atoms with E-state index in [2.05, 4.69) is 4.74 Å². The molecule has 54 heavy (non-hydrogen) atoms. The summed E-state index contributed by atoms with van der Waals surface area (Å²) in [6.45, 7) is 1.28. The lowest BCUT2D eigenvalue weighted by molar-refractivity contribution is -0.141. The molecule has 2 aromatic rings. The lowest BCUT2D eigenvalue weighted by Gasteiger charge is -2.37. The van der Waals surface area contributed by atoms with Crippen LogP contribution >= 0.6 is 11.8 Å². The smallest absolute Gasteiger partial charge is 0.317 e. The number of carbonyl (C=O) groups excluding carboxylic acids is 2. The number of aliphatic carboxylic acids is 3. The first-order chi connectivity index (χ1) is 25.7. The Morgan fingerprint density at radius 1 is 0.741 bits per heavy atom. The summed E-state index contributed by atoms with van der Waals surface area (Å²) in [5.74, 6) is -11.7. The topological polar surface area (TPSA) is 168 Å². The van der Waals surface area contributed by atoms with Crippen molar-refractivity contribution in [3.05, 3.63) is 59.2 Å². The Kier molecular flexibility index (Phi) is 18.8. The number of thioether (sulfide) groups is 1. The van der Waals surface area contributed by atoms with Gasteiger partial charge in [-0.05, 0) is 42.7 Å². The number of nitrogens with zero attached hydrogens (tertiary/aromatic N) is 4. The average Bonchev–Trinajstić information content (AvgIpc) is 3.10. The van der Waals surface area contributed by atoms with Crippen LogP contribution in [0.2, 0.25) is 0 Å². The number of halogens is 4. The number of carbonyl (C=O) groups is 5. The summed E-state index contributed by atoms with van der Waals surface area (Å²) >= 11 is 1.60. The number of esters is 1. The molecule has 1 unspecified atom stereocenters. The van der Waals surface area contributed by atoms with E-state index in [1.165, 1.54) is 0 Å². The lowest BCUT2D eigenvalue weighted by atomic mass is 10.0. The van der Waals surface area contributed by atoms with Gasteiger partial charge in [0.1, 0.15) is 6.29 Å². The van der Waals surface area contributed by atoms with E-state index in [-0.39, 0.29) is 58.3 Å². The fraction of sp³-hybridized carbons (Fsp3) is 0.528. The molecule has 1 aliphatic rings. The van der Waals surface area contributed by atoms with Crippen LogP contribution in [-0.2, 0) is 30.4 Å². The second-order valence-corrected chi connectivity index (χ2v) is 14.1. The van der Waals surface area contributed by atoms with E-state index in [1.54, 1.807) is 26.5 Å². The van der Waals surface area contributed by atoms with Gasteiger partial charge in [0.25, 0.3) is 0 Å². The third kappa shape index (κ3) is 15.7. The van der Waals surface area contributed by atoms with Gasteiger partial charge in [0.2, 0.25) is 17.4 Å². The average molecular weight is 787 g/mol. The summed E-state index contributed by atoms with van der Waals surface area (Å²) in [6, 6.07) is 7.30. The first-order valence-electron chi connectivity index (χ1n) is 17.5. The summed E-state index contributed by atoms with van der Waals surface area (Å²) in [5, 5.41) is 28.9. The molecular weight excluding hydrogens is 740 g/mol. The van der Waals surface area contributed by atoms with Gasteiger partial charge in [-0.25, -0.2) is 8.78 Å². The Hall–Kier alpha value is -4.10. The fourth-order valence-corrected chi connectivity index (χ4v) is 6.92. The van der Waals surface area contributed by atoms with Gasteiger partial charge in [0, 0.05) is 69.2 Å². The highest BCUT2D eigenvalue weighted by Gasteiger charge is 2.27. The number of rotatable bonds is 19. The molecule has 0 aliphatic carbocycles. The molecule has 0 bridgehead atoms. The second kappa shape index (κ2) is 23.0. The maximum Gasteiger partial charge on any atom is 0.317 e. The van der Waals surface area contributed by atoms with Crippen LogP contribution in [0.5, 0.6) is 5.75 Å². The summed E-state index contributed by atoms with van der Waals surface area (Å²) in [7, 11) is 0. The van der Waals surface area contributed by atoms with Crippen molar-refractivity contribution in [2.24, 2.45) is 0 Å². The number of aldehydes is 1. The van der Waals surface area contributed by atoms with Gasteiger partial charge in [0.15, 0.2) is 11.6 Å². The molecule has 3 rings (SSSR count). The summed E-state index contributed by atoms with van der Waals surface area (Å²) in [4.78, 5) is 66.6. The van der Waals surface area contributed by atoms with Crippen LogP contribution in [-0.4, -0.2) is 149 Å². The highest BCUT2D eigenvalue weighted by atomic mass is 32.2. The number of carboxylic acids is 3. The van der Waals surface area contributed by atoms with Gasteiger partial charge in [-0.1, -0.05) is 25.0 Å². The predicted octanol–water partition coefficient (Wildman–Crippen LogP) is 3.48. The summed E-state index contributed by atoms with van der Waals surface area (Å²) in [5.41, 5.74) is 0.889. The fourth-order valence-electron chi connectivity index (χ4n) is 6.01. The van der Waals surface area contributed by atoms with Crippen molar-refractivity contribution < 1.29 is 61.6 Å². The molecule has 298 valence electrons. The van der Waals surface area contributed by atoms with Crippen molar-refractivity contribution in [2.75, 3.05) is 77.7 Å². The van der Waals surface area contributed by atoms with Gasteiger partial charge < -0.3 is 24.9 Å². The van der Waals surface area contributed by atoms with Crippen molar-refractivity contribution >= 4 is 41.9 Å². The van der Waals surface area contributed by atoms with Crippen molar-refractivity contribution in [1.82, 2.24) is 19.6 Å². The van der Waals surface area contributed by atoms with Crippen molar-refractivity contribution in [3.8, 4) is 5.75 Å². The molecule has 1 aliphatic heterocycles. The van der Waals surface area contributed by atoms with Crippen molar-refractivity contribution in [3.63, 3.8) is 0 Å². The van der Waals surface area contributed by atoms with Gasteiger partial charge in [-0.15, -0.1) is 11.8 Å². The van der Waals surface area contributed by atoms with E-state index in [4.69, 9.17) is 0 Å². The normalized spacial score (nSPS) is 17.0. The van der Waals surface area contributed by atoms with Gasteiger partial charge >= 0.3 is 23.9 Å². The molecule has 1 saturated heterocycles. The van der Waals surface area contributed by atoms with E-state index >= 15 is 0 Å². The highest BCUT2D eigenvalue weighted by Crippen LogP contribution is 2.27. The number of carboxylic acid groups (broad SMARTS) is 3. The molecule has 1 fully saturated rings. The first kappa shape index (κ1) is 44.3. The van der Waals surface area contributed by atoms with Gasteiger partial charge in [-0.3, -0.25) is 38.8 Å². The Labute approximate surface area is 314 Å². The van der Waals surface area contributed by atoms with E-state index in [9.17, 15) is 56.9 Å². The second-order valence-electron chi connectivity index (χ2n) is 12.9. The predicted molar refractivity (Wildman–Crippen MR) is 190 cm³/mol. The molecule has 0 amide bonds. The summed E-state index contributed by atoms with van der Waals surface area (Å²) in [6.07, 6.45) is 3.42. The Morgan fingerprint density at radius 3 is 1.91 bits per heavy atom. The Morgan fingerprint density at radius 2 is 1.30 bits per heavy atom. The molecule has 13 nitrogen and oxygen atoms in total. The van der Waals surface area contributed by atoms with Crippen LogP contribution in [0.15, 0.2) is 35.2 Å². The third-order valence-electron chi connectivity index (χ3n) is 8.77. The lowest BCUT2D eigenvalue weighted by Crippen LogP contribution is -2.53. The molecule has 1 atom stereocenters. The molecule has 2 aromatic carbocycles. The van der Waals surface area contributed by atoms with E-state index in [1.807, 2.05) is 29.2 Å². The SMILES string of the molecule is O=CCN1CCN(CC(=O)O)CCN(CC(=O)O)C(Cc2ccc(SCCCCCCC(=O)Oc3c(F)c(F)cc(F)c3F)cc2)CN(CC(=O)O)CC1. The number of hydrogen-bond donors (Lipinski definition) is 3. The maximum absolute atomic E-state index is 13.7. The van der Waals surface area contributed by atoms with Crippen LogP contribution in [0, 0.1) is 23.3 Å². The van der Waals surface area contributed by atoms with E-state index < -0.39 is 58.9 Å². The molecule has 18 heteroatoms. The monoisotopic (exact) mass is 786 g/mol. The Bertz CT molecular complexity index is 1550. The standard InChI is InChI=1S/C36H46F4N4O9S/c37-28-20-29(38)35(40)36(34(28)39)53-33(52)5-3-1-2-4-18-54-27-8-6-25(7-9-27)19-26-21-43(23-31(48)49)13-11-41(16-17-45)10-12-42(22-30(46)47)14-15-44(26)24-32(50)51/h6-9,17,20,26H,1-5,10-16,18-19,21-24H2,(H,46,47)(H,48,49)(H,50,51). The Balaban J connectivity index is 1.58. The molecule has 0 aromatic heterocycles. The van der Waals surface area contributed by atoms with Crippen LogP contribution < -0.4 is 4.74 Å². The zero-order valence-corrected chi connectivity index (χ0v) is 30.6. The number of unbranched alkanes of at least 4 members (excludes halogenated alkanes) is 3. The van der Waals surface area contributed by atoms with Crippen LogP contribution in [0.1, 0.15) is 37.7 Å². The van der Waals surface area contributed by atoms with Crippen molar-refractivity contribution in [2.45, 2.75) is 49.5 Å². The third-order valence-corrected chi connectivity index (χ3v) is 9.87. The van der Waals surface area contributed by atoms with Crippen LogP contribution in [0.4, 0.5) is 17.6 Å². The molecular formula is C36H46F4N4O9S. The number of benzene rings is 2. The largest absolute Gasteiger partial charge is 0.480 e. The van der Waals surface area contributed by atoms with E-state index in [0.717, 1.165) is 35.3 Å². The quantitative estimate of drug-likeness (QED) is 0.0360. The zero-order valence-electron chi connectivity index (χ0n) is 29.8. The molecule has 1 heterocycles. The minimum absolute atomic E-state index is 0.0294. The minimum atomic E-state index is -1.78.